The minimum atomic E-state index is -0.387. The van der Waals surface area contributed by atoms with Gasteiger partial charge in [-0.25, -0.2) is 4.39 Å². The molecule has 1 aromatic carbocycles. The highest BCUT2D eigenvalue weighted by Gasteiger charge is 2.24. The van der Waals surface area contributed by atoms with Crippen molar-refractivity contribution in [2.24, 2.45) is 5.73 Å². The number of nitrogens with two attached hydrogens (primary N) is 1. The number of nitrogens with one attached hydrogen (secondary N) is 1. The maximum absolute atomic E-state index is 13.0. The number of rotatable bonds is 2. The van der Waals surface area contributed by atoms with E-state index in [1.54, 1.807) is 4.90 Å². The van der Waals surface area contributed by atoms with Crippen LogP contribution in [0.1, 0.15) is 5.56 Å². The quantitative estimate of drug-likeness (QED) is 0.695. The molecular formula is C11H12FN3O2. The summed E-state index contributed by atoms with van der Waals surface area (Å²) >= 11 is 0. The number of amides is 2. The smallest absolute Gasteiger partial charge is 0.246 e. The van der Waals surface area contributed by atoms with Crippen molar-refractivity contribution < 1.29 is 14.0 Å². The molecular weight excluding hydrogens is 225 g/mol. The van der Waals surface area contributed by atoms with E-state index in [1.807, 2.05) is 0 Å². The molecule has 0 aromatic heterocycles. The van der Waals surface area contributed by atoms with Crippen LogP contribution < -0.4 is 16.0 Å². The van der Waals surface area contributed by atoms with E-state index in [0.717, 1.165) is 0 Å². The molecule has 0 unspecified atom stereocenters. The molecule has 0 spiro atoms. The number of carbonyl (C=O) groups is 2. The van der Waals surface area contributed by atoms with Gasteiger partial charge in [-0.05, 0) is 23.8 Å². The van der Waals surface area contributed by atoms with E-state index in [4.69, 9.17) is 5.73 Å². The highest BCUT2D eigenvalue weighted by Crippen LogP contribution is 2.22. The molecule has 90 valence electrons. The van der Waals surface area contributed by atoms with Gasteiger partial charge in [0.15, 0.2) is 0 Å². The van der Waals surface area contributed by atoms with Crippen LogP contribution in [0, 0.1) is 5.82 Å². The summed E-state index contributed by atoms with van der Waals surface area (Å²) in [5.74, 6) is -1.12. The third-order valence-electron chi connectivity index (χ3n) is 2.55. The van der Waals surface area contributed by atoms with E-state index in [-0.39, 0.29) is 37.3 Å². The predicted octanol–water partition coefficient (Wildman–Crippen LogP) is -0.253. The molecule has 0 bridgehead atoms. The zero-order chi connectivity index (χ0) is 12.4. The van der Waals surface area contributed by atoms with Crippen molar-refractivity contribution in [2.45, 2.75) is 6.54 Å². The fourth-order valence-corrected chi connectivity index (χ4v) is 1.83. The topological polar surface area (TPSA) is 75.4 Å². The largest absolute Gasteiger partial charge is 0.353 e. The number of benzene rings is 1. The molecule has 1 saturated heterocycles. The monoisotopic (exact) mass is 237 g/mol. The minimum absolute atomic E-state index is 0.0738. The summed E-state index contributed by atoms with van der Waals surface area (Å²) in [6, 6.07) is 4.13. The van der Waals surface area contributed by atoms with Gasteiger partial charge in [0.1, 0.15) is 5.82 Å². The molecule has 1 aromatic rings. The van der Waals surface area contributed by atoms with Gasteiger partial charge < -0.3 is 10.6 Å². The summed E-state index contributed by atoms with van der Waals surface area (Å²) in [6.45, 7) is 0.300. The Bertz CT molecular complexity index is 460. The fourth-order valence-electron chi connectivity index (χ4n) is 1.83. The molecule has 0 radical (unpaired) electrons. The zero-order valence-corrected chi connectivity index (χ0v) is 9.07. The minimum Gasteiger partial charge on any atom is -0.353 e. The van der Waals surface area contributed by atoms with Gasteiger partial charge in [-0.1, -0.05) is 0 Å². The second-order valence-corrected chi connectivity index (χ2v) is 3.80. The third-order valence-corrected chi connectivity index (χ3v) is 2.55. The van der Waals surface area contributed by atoms with E-state index in [1.165, 1.54) is 18.2 Å². The molecule has 0 aliphatic carbocycles. The Labute approximate surface area is 97.4 Å². The van der Waals surface area contributed by atoms with Crippen LogP contribution in [0.4, 0.5) is 10.1 Å². The molecule has 5 nitrogen and oxygen atoms in total. The molecule has 6 heteroatoms. The second kappa shape index (κ2) is 4.50. The van der Waals surface area contributed by atoms with E-state index in [2.05, 4.69) is 5.32 Å². The Morgan fingerprint density at radius 1 is 1.29 bits per heavy atom. The highest BCUT2D eigenvalue weighted by molar-refractivity contribution is 6.02. The number of halogens is 1. The molecule has 17 heavy (non-hydrogen) atoms. The number of piperazine rings is 1. The summed E-state index contributed by atoms with van der Waals surface area (Å²) in [5, 5.41) is 2.20. The van der Waals surface area contributed by atoms with Crippen molar-refractivity contribution in [1.82, 2.24) is 5.32 Å². The molecule has 3 N–H and O–H groups in total. The molecule has 1 fully saturated rings. The van der Waals surface area contributed by atoms with Crippen molar-refractivity contribution in [3.05, 3.63) is 29.6 Å². The van der Waals surface area contributed by atoms with E-state index in [0.29, 0.717) is 11.3 Å². The second-order valence-electron chi connectivity index (χ2n) is 3.80. The Kier molecular flexibility index (Phi) is 3.06. The normalized spacial score (nSPS) is 16.0. The molecule has 1 heterocycles. The first-order valence-corrected chi connectivity index (χ1v) is 5.16. The lowest BCUT2D eigenvalue weighted by molar-refractivity contribution is -0.130. The van der Waals surface area contributed by atoms with Crippen molar-refractivity contribution in [1.29, 1.82) is 0 Å². The maximum Gasteiger partial charge on any atom is 0.246 e. The molecule has 1 aliphatic heterocycles. The van der Waals surface area contributed by atoms with Gasteiger partial charge in [0.05, 0.1) is 13.1 Å². The van der Waals surface area contributed by atoms with Crippen LogP contribution in [0.3, 0.4) is 0 Å². The van der Waals surface area contributed by atoms with Gasteiger partial charge in [0.25, 0.3) is 0 Å². The van der Waals surface area contributed by atoms with E-state index >= 15 is 0 Å². The highest BCUT2D eigenvalue weighted by atomic mass is 19.1. The summed E-state index contributed by atoms with van der Waals surface area (Å²) in [5.41, 5.74) is 6.72. The van der Waals surface area contributed by atoms with Crippen LogP contribution >= 0.6 is 0 Å². The number of hydrogen-bond donors (Lipinski definition) is 2. The van der Waals surface area contributed by atoms with Crippen LogP contribution in [0.5, 0.6) is 0 Å². The van der Waals surface area contributed by atoms with Crippen LogP contribution in [-0.4, -0.2) is 24.9 Å². The molecule has 2 rings (SSSR count). The maximum atomic E-state index is 13.0. The predicted molar refractivity (Wildman–Crippen MR) is 59.7 cm³/mol. The van der Waals surface area contributed by atoms with E-state index in [9.17, 15) is 14.0 Å². The first-order chi connectivity index (χ1) is 8.10. The fraction of sp³-hybridized carbons (Fsp3) is 0.273. The van der Waals surface area contributed by atoms with Gasteiger partial charge in [-0.15, -0.1) is 0 Å². The Morgan fingerprint density at radius 2 is 1.94 bits per heavy atom. The first kappa shape index (κ1) is 11.5. The van der Waals surface area contributed by atoms with Gasteiger partial charge in [-0.2, -0.15) is 0 Å². The van der Waals surface area contributed by atoms with E-state index < -0.39 is 0 Å². The summed E-state index contributed by atoms with van der Waals surface area (Å²) in [4.78, 5) is 24.1. The SMILES string of the molecule is NCc1cc(F)ccc1N1CC(=O)NC(=O)C1. The van der Waals surface area contributed by atoms with Crippen LogP contribution in [0.2, 0.25) is 0 Å². The lowest BCUT2D eigenvalue weighted by atomic mass is 10.1. The summed E-state index contributed by atoms with van der Waals surface area (Å²) in [6.07, 6.45) is 0. The van der Waals surface area contributed by atoms with Crippen molar-refractivity contribution >= 4 is 17.5 Å². The summed E-state index contributed by atoms with van der Waals surface area (Å²) < 4.78 is 13.0. The van der Waals surface area contributed by atoms with Gasteiger partial charge in [0, 0.05) is 12.2 Å². The van der Waals surface area contributed by atoms with Gasteiger partial charge >= 0.3 is 0 Å². The molecule has 0 saturated carbocycles. The number of nitrogens with zero attached hydrogens (tertiary/aromatic N) is 1. The van der Waals surface area contributed by atoms with Crippen molar-refractivity contribution in [3.8, 4) is 0 Å². The van der Waals surface area contributed by atoms with Crippen LogP contribution in [0.15, 0.2) is 18.2 Å². The number of anilines is 1. The van der Waals surface area contributed by atoms with Crippen LogP contribution in [0.25, 0.3) is 0 Å². The number of hydrogen-bond acceptors (Lipinski definition) is 4. The first-order valence-electron chi connectivity index (χ1n) is 5.16. The zero-order valence-electron chi connectivity index (χ0n) is 9.07. The molecule has 2 amide bonds. The number of carbonyl (C=O) groups excluding carboxylic acids is 2. The lowest BCUT2D eigenvalue weighted by Crippen LogP contribution is -2.51. The third kappa shape index (κ3) is 2.42. The van der Waals surface area contributed by atoms with Crippen molar-refractivity contribution in [3.63, 3.8) is 0 Å². The summed E-state index contributed by atoms with van der Waals surface area (Å²) in [7, 11) is 0. The van der Waals surface area contributed by atoms with Gasteiger partial charge in [0.2, 0.25) is 11.8 Å². The molecule has 1 aliphatic rings. The number of imide groups is 1. The Hall–Kier alpha value is -1.95. The van der Waals surface area contributed by atoms with Crippen molar-refractivity contribution in [2.75, 3.05) is 18.0 Å². The standard InChI is InChI=1S/C11H12FN3O2/c12-8-1-2-9(7(3-8)4-13)15-5-10(16)14-11(17)6-15/h1-3H,4-6,13H2,(H,14,16,17). The Morgan fingerprint density at radius 3 is 2.53 bits per heavy atom. The van der Waals surface area contributed by atoms with Gasteiger partial charge in [-0.3, -0.25) is 14.9 Å². The Balaban J connectivity index is 2.32. The lowest BCUT2D eigenvalue weighted by Gasteiger charge is -2.29. The average Bonchev–Trinajstić information content (AvgIpc) is 2.27. The average molecular weight is 237 g/mol. The molecule has 0 atom stereocenters. The van der Waals surface area contributed by atoms with Crippen LogP contribution in [-0.2, 0) is 16.1 Å².